The highest BCUT2D eigenvalue weighted by Gasteiger charge is 2.54. The maximum absolute atomic E-state index is 14.7. The van der Waals surface area contributed by atoms with E-state index in [-0.39, 0.29) is 30.3 Å². The van der Waals surface area contributed by atoms with Gasteiger partial charge in [-0.25, -0.2) is 13.2 Å². The number of carboxylic acid groups (broad SMARTS) is 1. The minimum Gasteiger partial charge on any atom is -0.483 e. The number of halogens is 3. The van der Waals surface area contributed by atoms with E-state index < -0.39 is 35.4 Å². The molecule has 1 aliphatic heterocycles. The number of hydrogen-bond acceptors (Lipinski definition) is 6. The molecule has 0 saturated carbocycles. The number of aliphatic imine (C=N–C) groups is 1. The normalized spacial score (nSPS) is 19.8. The molecular formula is C20H21F3N4O4. The molecule has 0 saturated heterocycles. The summed E-state index contributed by atoms with van der Waals surface area (Å²) in [5.74, 6) is -5.14. The molecule has 0 fully saturated rings. The number of alkyl halides is 2. The van der Waals surface area contributed by atoms with Gasteiger partial charge in [0.15, 0.2) is 5.54 Å². The Kier molecular flexibility index (Phi) is 7.34. The molecule has 1 atom stereocenters. The third kappa shape index (κ3) is 5.37. The van der Waals surface area contributed by atoms with E-state index in [2.05, 4.69) is 15.3 Å². The third-order valence-electron chi connectivity index (χ3n) is 4.51. The first-order valence-corrected chi connectivity index (χ1v) is 8.95. The summed E-state index contributed by atoms with van der Waals surface area (Å²) in [6, 6.07) is 6.62. The van der Waals surface area contributed by atoms with Crippen molar-refractivity contribution in [2.75, 3.05) is 18.5 Å². The number of benzene rings is 1. The van der Waals surface area contributed by atoms with E-state index in [1.807, 2.05) is 6.92 Å². The fourth-order valence-electron chi connectivity index (χ4n) is 2.86. The summed E-state index contributed by atoms with van der Waals surface area (Å²) in [6.07, 6.45) is 1.52. The van der Waals surface area contributed by atoms with E-state index in [9.17, 15) is 18.0 Å². The van der Waals surface area contributed by atoms with Gasteiger partial charge < -0.3 is 20.9 Å². The molecule has 0 unspecified atom stereocenters. The molecule has 1 aromatic carbocycles. The van der Waals surface area contributed by atoms with Crippen LogP contribution in [0.5, 0.6) is 0 Å². The van der Waals surface area contributed by atoms with Gasteiger partial charge in [0.1, 0.15) is 30.6 Å². The van der Waals surface area contributed by atoms with E-state index >= 15 is 0 Å². The average molecular weight is 438 g/mol. The molecule has 1 aliphatic rings. The van der Waals surface area contributed by atoms with Crippen LogP contribution in [-0.2, 0) is 15.1 Å². The van der Waals surface area contributed by atoms with E-state index in [0.717, 1.165) is 24.6 Å². The van der Waals surface area contributed by atoms with Crippen molar-refractivity contribution in [3.05, 3.63) is 59.2 Å². The van der Waals surface area contributed by atoms with E-state index in [0.29, 0.717) is 0 Å². The number of rotatable bonds is 3. The second-order valence-electron chi connectivity index (χ2n) is 6.85. The zero-order valence-corrected chi connectivity index (χ0v) is 16.7. The summed E-state index contributed by atoms with van der Waals surface area (Å²) in [4.78, 5) is 28.5. The number of aryl methyl sites for hydroxylation is 1. The number of carbonyl (C=O) groups excluding carboxylic acids is 1. The van der Waals surface area contributed by atoms with Gasteiger partial charge in [0.05, 0.1) is 0 Å². The largest absolute Gasteiger partial charge is 0.483 e. The summed E-state index contributed by atoms with van der Waals surface area (Å²) < 4.78 is 48.7. The number of ether oxygens (including phenoxy) is 1. The molecular weight excluding hydrogens is 417 g/mol. The Labute approximate surface area is 176 Å². The second kappa shape index (κ2) is 9.56. The molecule has 1 aromatic heterocycles. The van der Waals surface area contributed by atoms with Crippen LogP contribution in [0, 0.1) is 12.7 Å². The van der Waals surface area contributed by atoms with Gasteiger partial charge in [0.25, 0.3) is 18.3 Å². The minimum atomic E-state index is -3.52. The summed E-state index contributed by atoms with van der Waals surface area (Å²) in [5.41, 5.74) is 4.06. The van der Waals surface area contributed by atoms with Crippen molar-refractivity contribution in [2.24, 2.45) is 10.7 Å². The van der Waals surface area contributed by atoms with Crippen LogP contribution in [0.3, 0.4) is 0 Å². The Hall–Kier alpha value is -3.47. The lowest BCUT2D eigenvalue weighted by Gasteiger charge is -2.33. The van der Waals surface area contributed by atoms with Crippen LogP contribution in [0.2, 0.25) is 0 Å². The number of nitrogens with two attached hydrogens (primary N) is 1. The third-order valence-corrected chi connectivity index (χ3v) is 4.51. The molecule has 0 bridgehead atoms. The van der Waals surface area contributed by atoms with Gasteiger partial charge >= 0.3 is 0 Å². The fraction of sp³-hybridized carbons (Fsp3) is 0.300. The Morgan fingerprint density at radius 1 is 1.32 bits per heavy atom. The van der Waals surface area contributed by atoms with Gasteiger partial charge in [-0.15, -0.1) is 0 Å². The molecule has 0 radical (unpaired) electrons. The topological polar surface area (TPSA) is 127 Å². The highest BCUT2D eigenvalue weighted by molar-refractivity contribution is 6.02. The van der Waals surface area contributed by atoms with Gasteiger partial charge in [-0.3, -0.25) is 19.6 Å². The van der Waals surface area contributed by atoms with Gasteiger partial charge in [0.2, 0.25) is 0 Å². The van der Waals surface area contributed by atoms with Gasteiger partial charge in [-0.2, -0.15) is 0 Å². The van der Waals surface area contributed by atoms with Crippen LogP contribution >= 0.6 is 0 Å². The van der Waals surface area contributed by atoms with E-state index in [4.69, 9.17) is 20.4 Å². The monoisotopic (exact) mass is 438 g/mol. The molecule has 2 aromatic rings. The highest BCUT2D eigenvalue weighted by atomic mass is 19.3. The quantitative estimate of drug-likeness (QED) is 0.633. The molecule has 1 amide bonds. The van der Waals surface area contributed by atoms with Crippen LogP contribution in [0.1, 0.15) is 28.5 Å². The number of hydrogen-bond donors (Lipinski definition) is 3. The lowest BCUT2D eigenvalue weighted by atomic mass is 9.85. The number of amides is 1. The predicted octanol–water partition coefficient (Wildman–Crippen LogP) is 2.72. The molecule has 4 N–H and O–H groups in total. The molecule has 31 heavy (non-hydrogen) atoms. The molecule has 0 spiro atoms. The van der Waals surface area contributed by atoms with Gasteiger partial charge in [0, 0.05) is 17.4 Å². The molecule has 11 heteroatoms. The van der Waals surface area contributed by atoms with Crippen LogP contribution in [-0.4, -0.2) is 47.4 Å². The van der Waals surface area contributed by atoms with Crippen molar-refractivity contribution in [2.45, 2.75) is 25.3 Å². The first-order chi connectivity index (χ1) is 14.5. The molecule has 166 valence electrons. The van der Waals surface area contributed by atoms with E-state index in [1.165, 1.54) is 18.3 Å². The van der Waals surface area contributed by atoms with Crippen LogP contribution in [0.4, 0.5) is 18.9 Å². The number of carbonyl (C=O) groups is 2. The number of anilines is 1. The number of aromatic nitrogens is 1. The smallest absolute Gasteiger partial charge is 0.299 e. The Morgan fingerprint density at radius 2 is 2.00 bits per heavy atom. The van der Waals surface area contributed by atoms with Crippen molar-refractivity contribution in [3.8, 4) is 0 Å². The van der Waals surface area contributed by atoms with Crippen molar-refractivity contribution >= 4 is 23.9 Å². The van der Waals surface area contributed by atoms with Gasteiger partial charge in [-0.1, -0.05) is 6.07 Å². The van der Waals surface area contributed by atoms with E-state index in [1.54, 1.807) is 6.07 Å². The lowest BCUT2D eigenvalue weighted by Crippen LogP contribution is -2.45. The van der Waals surface area contributed by atoms with Crippen LogP contribution < -0.4 is 11.1 Å². The number of amidine groups is 1. The van der Waals surface area contributed by atoms with Crippen LogP contribution in [0.15, 0.2) is 41.5 Å². The Morgan fingerprint density at radius 3 is 2.61 bits per heavy atom. The first-order valence-electron chi connectivity index (χ1n) is 8.95. The maximum Gasteiger partial charge on any atom is 0.299 e. The Balaban J connectivity index is 0.00000107. The predicted molar refractivity (Wildman–Crippen MR) is 107 cm³/mol. The fourth-order valence-corrected chi connectivity index (χ4v) is 2.86. The molecule has 2 heterocycles. The molecule has 3 rings (SSSR count). The number of nitrogens with one attached hydrogen (secondary N) is 1. The zero-order chi connectivity index (χ0) is 23.2. The molecule has 0 aliphatic carbocycles. The summed E-state index contributed by atoms with van der Waals surface area (Å²) in [5, 5.41) is 9.42. The second-order valence-corrected chi connectivity index (χ2v) is 6.85. The summed E-state index contributed by atoms with van der Waals surface area (Å²) in [6.45, 7) is 1.42. The van der Waals surface area contributed by atoms with Crippen molar-refractivity contribution in [1.82, 2.24) is 4.98 Å². The zero-order valence-electron chi connectivity index (χ0n) is 16.7. The number of pyridine rings is 1. The van der Waals surface area contributed by atoms with Crippen molar-refractivity contribution in [3.63, 3.8) is 0 Å². The molecule has 8 nitrogen and oxygen atoms in total. The van der Waals surface area contributed by atoms with Gasteiger partial charge in [-0.05, 0) is 43.7 Å². The Bertz CT molecular complexity index is 983. The van der Waals surface area contributed by atoms with Crippen molar-refractivity contribution < 1.29 is 32.6 Å². The summed E-state index contributed by atoms with van der Waals surface area (Å²) >= 11 is 0. The standard InChI is InChI=1S/C19H19F3N4O2.CH2O2/c1-11-3-6-15(24-8-11)17(27)25-12-4-5-14(20)13(7-12)18(2)19(21,22)10-28-9-16(23)26-18;2-1-3/h3-8H,9-10H2,1-2H3,(H2,23,26)(H,25,27);1H,(H,2,3)/t18-;/m1./s1. The minimum absolute atomic E-state index is 0.125. The van der Waals surface area contributed by atoms with Crippen LogP contribution in [0.25, 0.3) is 0 Å². The maximum atomic E-state index is 14.7. The SMILES string of the molecule is Cc1ccc(C(=O)Nc2ccc(F)c([C@@]3(C)N=C(N)COCC3(F)F)c2)nc1.O=CO. The van der Waals surface area contributed by atoms with Crippen molar-refractivity contribution in [1.29, 1.82) is 0 Å². The lowest BCUT2D eigenvalue weighted by molar-refractivity contribution is -0.122. The highest BCUT2D eigenvalue weighted by Crippen LogP contribution is 2.44. The average Bonchev–Trinajstić information content (AvgIpc) is 2.80. The summed E-state index contributed by atoms with van der Waals surface area (Å²) in [7, 11) is 0. The first kappa shape index (κ1) is 23.8. The number of nitrogens with zero attached hydrogens (tertiary/aromatic N) is 2.